The number of benzene rings is 2. The Morgan fingerprint density at radius 3 is 2.64 bits per heavy atom. The fourth-order valence-corrected chi connectivity index (χ4v) is 5.54. The molecule has 3 aromatic rings. The lowest BCUT2D eigenvalue weighted by molar-refractivity contribution is 0.0950. The molecule has 0 radical (unpaired) electrons. The van der Waals surface area contributed by atoms with Crippen molar-refractivity contribution < 1.29 is 17.6 Å². The summed E-state index contributed by atoms with van der Waals surface area (Å²) >= 11 is 13.0. The number of sulfonamides is 1. The molecule has 0 spiro atoms. The van der Waals surface area contributed by atoms with Gasteiger partial charge in [-0.1, -0.05) is 29.3 Å². The van der Waals surface area contributed by atoms with Crippen molar-refractivity contribution >= 4 is 62.0 Å². The highest BCUT2D eigenvalue weighted by Crippen LogP contribution is 2.29. The van der Waals surface area contributed by atoms with E-state index >= 15 is 0 Å². The number of hydrogen-bond donors (Lipinski definition) is 2. The number of nitrogens with one attached hydrogen (secondary N) is 2. The van der Waals surface area contributed by atoms with Crippen LogP contribution in [0, 0.1) is 5.82 Å². The summed E-state index contributed by atoms with van der Waals surface area (Å²) in [5.74, 6) is -1.55. The summed E-state index contributed by atoms with van der Waals surface area (Å²) in [6.07, 6.45) is 3.25. The summed E-state index contributed by atoms with van der Waals surface area (Å²) < 4.78 is 44.5. The van der Waals surface area contributed by atoms with E-state index in [-0.39, 0.29) is 21.5 Å². The number of hydrogen-bond acceptors (Lipinski definition) is 7. The monoisotopic (exact) mass is 529 g/mol. The second kappa shape index (κ2) is 9.80. The number of rotatable bonds is 7. The zero-order chi connectivity index (χ0) is 23.6. The van der Waals surface area contributed by atoms with E-state index in [2.05, 4.69) is 24.3 Å². The van der Waals surface area contributed by atoms with E-state index in [1.807, 2.05) is 12.1 Å². The molecule has 1 fully saturated rings. The van der Waals surface area contributed by atoms with Crippen LogP contribution in [0.5, 0.6) is 0 Å². The van der Waals surface area contributed by atoms with Gasteiger partial charge in [0.2, 0.25) is 4.34 Å². The quantitative estimate of drug-likeness (QED) is 0.472. The molecule has 0 unspecified atom stereocenters. The Kier molecular flexibility index (Phi) is 7.03. The minimum atomic E-state index is -4.12. The number of carbonyl (C=O) groups excluding carboxylic acids is 1. The molecule has 0 atom stereocenters. The highest BCUT2D eigenvalue weighted by molar-refractivity contribution is 7.94. The molecule has 174 valence electrons. The van der Waals surface area contributed by atoms with Gasteiger partial charge in [-0.2, -0.15) is 12.8 Å². The molecule has 1 aliphatic rings. The van der Waals surface area contributed by atoms with Crippen LogP contribution in [-0.4, -0.2) is 36.8 Å². The summed E-state index contributed by atoms with van der Waals surface area (Å²) in [5.41, 5.74) is 1.29. The molecule has 4 rings (SSSR count). The predicted octanol–water partition coefficient (Wildman–Crippen LogP) is 4.32. The first kappa shape index (κ1) is 23.7. The van der Waals surface area contributed by atoms with Gasteiger partial charge in [0.1, 0.15) is 12.1 Å². The number of amides is 1. The first-order valence-electron chi connectivity index (χ1n) is 9.85. The van der Waals surface area contributed by atoms with E-state index in [4.69, 9.17) is 23.2 Å². The van der Waals surface area contributed by atoms with Crippen LogP contribution >= 0.6 is 34.7 Å². The number of nitrogens with zero attached hydrogens (tertiary/aromatic N) is 3. The molecule has 0 aliphatic carbocycles. The van der Waals surface area contributed by atoms with Crippen molar-refractivity contribution in [3.05, 3.63) is 63.6 Å². The Labute approximate surface area is 204 Å². The number of anilines is 2. The molecule has 0 saturated carbocycles. The van der Waals surface area contributed by atoms with Gasteiger partial charge < -0.3 is 10.2 Å². The van der Waals surface area contributed by atoms with Crippen molar-refractivity contribution in [3.63, 3.8) is 0 Å². The van der Waals surface area contributed by atoms with Crippen molar-refractivity contribution in [2.45, 2.75) is 23.7 Å². The van der Waals surface area contributed by atoms with E-state index in [9.17, 15) is 17.6 Å². The molecule has 1 saturated heterocycles. The lowest BCUT2D eigenvalue weighted by atomic mass is 10.1. The standard InChI is InChI=1S/C20H18Cl2FN5O3S2/c21-13-4-3-12(18(7-13)28-5-1-2-6-28)10-24-19(29)14-8-16(23)17(9-15(14)22)27-33(30,31)20-25-11-26-32-20/h3-4,7-9,11,27H,1-2,5-6,10H2,(H,24,29). The zero-order valence-electron chi connectivity index (χ0n) is 17.0. The van der Waals surface area contributed by atoms with Crippen molar-refractivity contribution in [2.24, 2.45) is 0 Å². The Morgan fingerprint density at radius 1 is 1.18 bits per heavy atom. The summed E-state index contributed by atoms with van der Waals surface area (Å²) in [4.78, 5) is 18.5. The van der Waals surface area contributed by atoms with Crippen molar-refractivity contribution in [2.75, 3.05) is 22.7 Å². The molecular weight excluding hydrogens is 512 g/mol. The van der Waals surface area contributed by atoms with Gasteiger partial charge in [-0.05, 0) is 54.2 Å². The summed E-state index contributed by atoms with van der Waals surface area (Å²) in [7, 11) is -4.12. The maximum absolute atomic E-state index is 14.6. The minimum Gasteiger partial charge on any atom is -0.371 e. The van der Waals surface area contributed by atoms with Crippen LogP contribution in [0.2, 0.25) is 10.0 Å². The number of carbonyl (C=O) groups is 1. The van der Waals surface area contributed by atoms with Crippen LogP contribution in [0.15, 0.2) is 41.0 Å². The molecule has 33 heavy (non-hydrogen) atoms. The maximum atomic E-state index is 14.6. The van der Waals surface area contributed by atoms with Gasteiger partial charge in [-0.15, -0.1) is 0 Å². The van der Waals surface area contributed by atoms with Gasteiger partial charge in [0, 0.05) is 30.3 Å². The number of aromatic nitrogens is 2. The fourth-order valence-electron chi connectivity index (χ4n) is 3.48. The fraction of sp³-hybridized carbons (Fsp3) is 0.250. The first-order valence-corrected chi connectivity index (χ1v) is 12.9. The molecule has 1 aromatic heterocycles. The average Bonchev–Trinajstić information content (AvgIpc) is 3.49. The SMILES string of the molecule is O=C(NCc1ccc(Cl)cc1N1CCCC1)c1cc(F)c(NS(=O)(=O)c2ncns2)cc1Cl. The molecule has 1 aliphatic heterocycles. The summed E-state index contributed by atoms with van der Waals surface area (Å²) in [6, 6.07) is 7.37. The summed E-state index contributed by atoms with van der Waals surface area (Å²) in [5, 5.41) is 3.23. The second-order valence-corrected chi connectivity index (χ2v) is 10.8. The van der Waals surface area contributed by atoms with Crippen LogP contribution in [0.1, 0.15) is 28.8 Å². The van der Waals surface area contributed by atoms with Gasteiger partial charge in [0.05, 0.1) is 16.3 Å². The lowest BCUT2D eigenvalue weighted by Crippen LogP contribution is -2.26. The molecule has 2 heterocycles. The lowest BCUT2D eigenvalue weighted by Gasteiger charge is -2.22. The van der Waals surface area contributed by atoms with Crippen molar-refractivity contribution in [3.8, 4) is 0 Å². The van der Waals surface area contributed by atoms with E-state index in [1.165, 1.54) is 0 Å². The molecule has 2 N–H and O–H groups in total. The van der Waals surface area contributed by atoms with E-state index in [1.54, 1.807) is 6.07 Å². The van der Waals surface area contributed by atoms with Crippen LogP contribution < -0.4 is 14.9 Å². The van der Waals surface area contributed by atoms with Crippen LogP contribution in [-0.2, 0) is 16.6 Å². The van der Waals surface area contributed by atoms with Crippen LogP contribution in [0.3, 0.4) is 0 Å². The largest absolute Gasteiger partial charge is 0.371 e. The molecule has 2 aromatic carbocycles. The van der Waals surface area contributed by atoms with E-state index in [0.717, 1.165) is 55.6 Å². The second-order valence-electron chi connectivity index (χ2n) is 7.27. The summed E-state index contributed by atoms with van der Waals surface area (Å²) in [6.45, 7) is 2.00. The topological polar surface area (TPSA) is 104 Å². The van der Waals surface area contributed by atoms with E-state index in [0.29, 0.717) is 16.6 Å². The highest BCUT2D eigenvalue weighted by atomic mass is 35.5. The third kappa shape index (κ3) is 5.37. The third-order valence-electron chi connectivity index (χ3n) is 5.05. The molecular formula is C20H18Cl2FN5O3S2. The average molecular weight is 530 g/mol. The Hall–Kier alpha value is -2.47. The molecule has 1 amide bonds. The van der Waals surface area contributed by atoms with Crippen molar-refractivity contribution in [1.82, 2.24) is 14.7 Å². The normalized spacial score (nSPS) is 13.8. The van der Waals surface area contributed by atoms with Crippen molar-refractivity contribution in [1.29, 1.82) is 0 Å². The van der Waals surface area contributed by atoms with Gasteiger partial charge in [0.25, 0.3) is 15.9 Å². The smallest absolute Gasteiger partial charge is 0.290 e. The molecule has 8 nitrogen and oxygen atoms in total. The first-order chi connectivity index (χ1) is 15.7. The van der Waals surface area contributed by atoms with Crippen LogP contribution in [0.25, 0.3) is 0 Å². The minimum absolute atomic E-state index is 0.111. The zero-order valence-corrected chi connectivity index (χ0v) is 20.2. The Balaban J connectivity index is 1.50. The van der Waals surface area contributed by atoms with E-state index < -0.39 is 27.4 Å². The third-order valence-corrected chi connectivity index (χ3v) is 7.99. The molecule has 0 bridgehead atoms. The predicted molar refractivity (Wildman–Crippen MR) is 126 cm³/mol. The Bertz CT molecular complexity index is 1280. The van der Waals surface area contributed by atoms with Gasteiger partial charge in [-0.25, -0.2) is 9.37 Å². The number of halogens is 3. The van der Waals surface area contributed by atoms with Gasteiger partial charge >= 0.3 is 0 Å². The van der Waals surface area contributed by atoms with Gasteiger partial charge in [0.15, 0.2) is 0 Å². The maximum Gasteiger partial charge on any atom is 0.290 e. The van der Waals surface area contributed by atoms with Crippen LogP contribution in [0.4, 0.5) is 15.8 Å². The highest BCUT2D eigenvalue weighted by Gasteiger charge is 2.23. The van der Waals surface area contributed by atoms with Gasteiger partial charge in [-0.3, -0.25) is 9.52 Å². The molecule has 13 heteroatoms. The Morgan fingerprint density at radius 2 is 1.94 bits per heavy atom.